The number of hydrogen-bond donors (Lipinski definition) is 4. The summed E-state index contributed by atoms with van der Waals surface area (Å²) in [6.07, 6.45) is 1.88. The van der Waals surface area contributed by atoms with Gasteiger partial charge in [0.25, 0.3) is 17.7 Å². The number of hydrogen-bond acceptors (Lipinski definition) is 13. The molecule has 2 fully saturated rings. The third-order valence-electron chi connectivity index (χ3n) is 9.74. The van der Waals surface area contributed by atoms with Gasteiger partial charge in [-0.05, 0) is 50.5 Å². The van der Waals surface area contributed by atoms with Gasteiger partial charge < -0.3 is 25.8 Å². The molecular formula is C38H37ClN10O7S. The van der Waals surface area contributed by atoms with Crippen molar-refractivity contribution in [1.29, 1.82) is 0 Å². The van der Waals surface area contributed by atoms with Crippen molar-refractivity contribution in [1.82, 2.24) is 30.1 Å². The molecule has 4 N–H and O–H groups in total. The fraction of sp³-hybridized carbons (Fsp3) is 0.316. The Morgan fingerprint density at radius 2 is 1.72 bits per heavy atom. The van der Waals surface area contributed by atoms with Gasteiger partial charge in [-0.2, -0.15) is 0 Å². The zero-order valence-corrected chi connectivity index (χ0v) is 32.5. The summed E-state index contributed by atoms with van der Waals surface area (Å²) in [6.45, 7) is 5.57. The predicted molar refractivity (Wildman–Crippen MR) is 211 cm³/mol. The lowest BCUT2D eigenvalue weighted by Gasteiger charge is -2.35. The number of aryl methyl sites for hydroxylation is 2. The number of benzene rings is 2. The highest BCUT2D eigenvalue weighted by molar-refractivity contribution is 7.17. The largest absolute Gasteiger partial charge is 0.353 e. The Morgan fingerprint density at radius 1 is 0.947 bits per heavy atom. The van der Waals surface area contributed by atoms with E-state index in [1.54, 1.807) is 24.0 Å². The summed E-state index contributed by atoms with van der Waals surface area (Å²) in [6, 6.07) is 10.5. The van der Waals surface area contributed by atoms with Crippen molar-refractivity contribution in [2.24, 2.45) is 0 Å². The number of carbonyl (C=O) groups is 7. The van der Waals surface area contributed by atoms with Gasteiger partial charge in [-0.1, -0.05) is 41.1 Å². The Hall–Kier alpha value is -6.27. The van der Waals surface area contributed by atoms with Crippen LogP contribution in [0.1, 0.15) is 73.9 Å². The number of rotatable bonds is 11. The van der Waals surface area contributed by atoms with Crippen LogP contribution in [0.4, 0.5) is 28.1 Å². The number of nitrogens with zero attached hydrogens (tertiary/aromatic N) is 6. The topological polar surface area (TPSA) is 216 Å². The Balaban J connectivity index is 0.880. The lowest BCUT2D eigenvalue weighted by molar-refractivity contribution is -0.136. The maximum atomic E-state index is 13.3. The monoisotopic (exact) mass is 812 g/mol. The maximum Gasteiger partial charge on any atom is 0.267 e. The van der Waals surface area contributed by atoms with Crippen LogP contribution in [-0.2, 0) is 19.2 Å². The van der Waals surface area contributed by atoms with Gasteiger partial charge in [0, 0.05) is 51.5 Å². The smallest absolute Gasteiger partial charge is 0.267 e. The van der Waals surface area contributed by atoms with E-state index < -0.39 is 35.6 Å². The van der Waals surface area contributed by atoms with E-state index in [9.17, 15) is 33.6 Å². The van der Waals surface area contributed by atoms with Crippen LogP contribution in [0.25, 0.3) is 0 Å². The molecular weight excluding hydrogens is 776 g/mol. The minimum Gasteiger partial charge on any atom is -0.353 e. The van der Waals surface area contributed by atoms with Gasteiger partial charge in [-0.15, -0.1) is 0 Å². The molecule has 7 amide bonds. The van der Waals surface area contributed by atoms with Crippen molar-refractivity contribution in [3.8, 4) is 0 Å². The fourth-order valence-electron chi connectivity index (χ4n) is 6.86. The third kappa shape index (κ3) is 8.46. The van der Waals surface area contributed by atoms with Crippen molar-refractivity contribution in [3.63, 3.8) is 0 Å². The molecule has 7 rings (SSSR count). The molecule has 1 atom stereocenters. The van der Waals surface area contributed by atoms with E-state index in [1.165, 1.54) is 35.7 Å². The second-order valence-electron chi connectivity index (χ2n) is 13.6. The van der Waals surface area contributed by atoms with Gasteiger partial charge in [0.15, 0.2) is 5.13 Å². The molecule has 0 saturated carbocycles. The number of carbonyl (C=O) groups excluding carboxylic acids is 7. The number of aromatic nitrogens is 3. The van der Waals surface area contributed by atoms with Gasteiger partial charge in [0.1, 0.15) is 28.4 Å². The van der Waals surface area contributed by atoms with E-state index in [-0.39, 0.29) is 60.7 Å². The first-order valence-corrected chi connectivity index (χ1v) is 19.4. The number of amides is 7. The fourth-order valence-corrected chi connectivity index (χ4v) is 7.85. The molecule has 1 unspecified atom stereocenters. The van der Waals surface area contributed by atoms with Crippen LogP contribution in [0.3, 0.4) is 0 Å². The van der Waals surface area contributed by atoms with Crippen molar-refractivity contribution >= 4 is 92.4 Å². The third-order valence-corrected chi connectivity index (χ3v) is 11.0. The average molecular weight is 813 g/mol. The van der Waals surface area contributed by atoms with Gasteiger partial charge in [-0.3, -0.25) is 43.8 Å². The summed E-state index contributed by atoms with van der Waals surface area (Å²) in [5, 5.41) is 11.8. The first-order chi connectivity index (χ1) is 27.4. The first-order valence-electron chi connectivity index (χ1n) is 18.2. The molecule has 2 aromatic heterocycles. The summed E-state index contributed by atoms with van der Waals surface area (Å²) < 4.78 is 0. The first kappa shape index (κ1) is 39.0. The minimum atomic E-state index is -1.12. The van der Waals surface area contributed by atoms with Crippen molar-refractivity contribution in [3.05, 3.63) is 81.1 Å². The van der Waals surface area contributed by atoms with Crippen LogP contribution in [0.2, 0.25) is 5.02 Å². The minimum absolute atomic E-state index is 0.00331. The standard InChI is InChI=1S/C38H37ClN10O7S/c1-20-6-3-8-23(39)33(20)46-35(54)26-19-40-38(57-26)44-27-18-28(42-21(2)41-27)47-14-16-48(17-15-47)31(52)11-5-10-29(50)43-24-9-4-7-22-32(24)37(56)49(36(22)55)25-12-13-30(51)45-34(25)53/h3-4,6-9,18-19,25H,5,10-17H2,1-2H3,(H,43,50)(H,46,54)(H,45,51,53)(H,40,41,42,44). The molecule has 0 spiro atoms. The molecule has 2 saturated heterocycles. The van der Waals surface area contributed by atoms with Gasteiger partial charge >= 0.3 is 0 Å². The highest BCUT2D eigenvalue weighted by Gasteiger charge is 2.45. The Labute approximate surface area is 335 Å². The van der Waals surface area contributed by atoms with Crippen LogP contribution >= 0.6 is 22.9 Å². The number of anilines is 5. The highest BCUT2D eigenvalue weighted by Crippen LogP contribution is 2.33. The summed E-state index contributed by atoms with van der Waals surface area (Å²) in [4.78, 5) is 108. The van der Waals surface area contributed by atoms with E-state index in [0.29, 0.717) is 64.4 Å². The molecule has 4 aromatic rings. The van der Waals surface area contributed by atoms with Crippen LogP contribution < -0.4 is 26.2 Å². The Kier molecular flexibility index (Phi) is 11.2. The normalized spacial score (nSPS) is 16.7. The van der Waals surface area contributed by atoms with Gasteiger partial charge in [0.05, 0.1) is 33.7 Å². The molecule has 294 valence electrons. The molecule has 2 aromatic carbocycles. The van der Waals surface area contributed by atoms with E-state index in [1.807, 2.05) is 19.1 Å². The van der Waals surface area contributed by atoms with Crippen LogP contribution in [-0.4, -0.2) is 98.3 Å². The van der Waals surface area contributed by atoms with Crippen molar-refractivity contribution in [2.45, 2.75) is 52.0 Å². The molecule has 0 aliphatic carbocycles. The quantitative estimate of drug-likeness (QED) is 0.158. The highest BCUT2D eigenvalue weighted by atomic mass is 35.5. The average Bonchev–Trinajstić information content (AvgIpc) is 3.75. The molecule has 0 bridgehead atoms. The van der Waals surface area contributed by atoms with E-state index in [4.69, 9.17) is 11.6 Å². The van der Waals surface area contributed by atoms with E-state index in [0.717, 1.165) is 10.5 Å². The summed E-state index contributed by atoms with van der Waals surface area (Å²) in [7, 11) is 0. The summed E-state index contributed by atoms with van der Waals surface area (Å²) >= 11 is 7.44. The molecule has 57 heavy (non-hydrogen) atoms. The molecule has 0 radical (unpaired) electrons. The zero-order valence-electron chi connectivity index (χ0n) is 30.9. The van der Waals surface area contributed by atoms with E-state index >= 15 is 0 Å². The van der Waals surface area contributed by atoms with Crippen LogP contribution in [0.5, 0.6) is 0 Å². The maximum absolute atomic E-state index is 13.3. The lowest BCUT2D eigenvalue weighted by atomic mass is 10.0. The number of nitrogens with one attached hydrogen (secondary N) is 4. The van der Waals surface area contributed by atoms with Crippen LogP contribution in [0.15, 0.2) is 48.7 Å². The number of piperazine rings is 1. The second-order valence-corrected chi connectivity index (χ2v) is 15.1. The van der Waals surface area contributed by atoms with Crippen LogP contribution in [0, 0.1) is 13.8 Å². The molecule has 5 heterocycles. The zero-order chi connectivity index (χ0) is 40.4. The van der Waals surface area contributed by atoms with Crippen molar-refractivity contribution < 1.29 is 33.6 Å². The van der Waals surface area contributed by atoms with Gasteiger partial charge in [-0.25, -0.2) is 15.0 Å². The number of halogens is 1. The van der Waals surface area contributed by atoms with Gasteiger partial charge in [0.2, 0.25) is 23.6 Å². The number of piperidine rings is 1. The second kappa shape index (κ2) is 16.4. The summed E-state index contributed by atoms with van der Waals surface area (Å²) in [5.74, 6) is -1.76. The predicted octanol–water partition coefficient (Wildman–Crippen LogP) is 4.06. The molecule has 3 aliphatic heterocycles. The molecule has 17 nitrogen and oxygen atoms in total. The molecule has 19 heteroatoms. The summed E-state index contributed by atoms with van der Waals surface area (Å²) in [5.41, 5.74) is 1.56. The van der Waals surface area contributed by atoms with E-state index in [2.05, 4.69) is 41.1 Å². The number of fused-ring (bicyclic) bond motifs is 1. The lowest BCUT2D eigenvalue weighted by Crippen LogP contribution is -2.54. The number of imide groups is 2. The molecule has 3 aliphatic rings. The number of para-hydroxylation sites is 1. The number of thiazole rings is 1. The Morgan fingerprint density at radius 3 is 2.47 bits per heavy atom. The Bertz CT molecular complexity index is 2310. The van der Waals surface area contributed by atoms with Crippen molar-refractivity contribution in [2.75, 3.05) is 47.0 Å². The SMILES string of the molecule is Cc1nc(Nc2ncc(C(=O)Nc3c(C)cccc3Cl)s2)cc(N2CCN(C(=O)CCCC(=O)Nc3cccc4c3C(=O)N(C3CCC(=O)NC3=O)C4=O)CC2)n1.